The van der Waals surface area contributed by atoms with Crippen molar-refractivity contribution in [2.45, 2.75) is 13.8 Å². The predicted molar refractivity (Wildman–Crippen MR) is 86.4 cm³/mol. The summed E-state index contributed by atoms with van der Waals surface area (Å²) < 4.78 is 0. The third kappa shape index (κ3) is 3.43. The maximum atomic E-state index is 12.2. The Morgan fingerprint density at radius 2 is 1.95 bits per heavy atom. The highest BCUT2D eigenvalue weighted by atomic mass is 35.5. The van der Waals surface area contributed by atoms with E-state index in [9.17, 15) is 9.59 Å². The Labute approximate surface area is 132 Å². The number of hydrogen-bond donors (Lipinski definition) is 1. The summed E-state index contributed by atoms with van der Waals surface area (Å²) in [6.45, 7) is 3.50. The lowest BCUT2D eigenvalue weighted by Gasteiger charge is -2.03. The third-order valence-electron chi connectivity index (χ3n) is 3.01. The maximum Gasteiger partial charge on any atom is 0.259 e. The van der Waals surface area contributed by atoms with E-state index in [0.29, 0.717) is 21.2 Å². The van der Waals surface area contributed by atoms with Gasteiger partial charge in [0.15, 0.2) is 5.78 Å². The number of carbonyl (C=O) groups excluding carboxylic acids is 1. The monoisotopic (exact) mass is 321 g/mol. The molecule has 1 N–H and O–H groups in total. The van der Waals surface area contributed by atoms with Crippen molar-refractivity contribution in [1.29, 1.82) is 0 Å². The molecule has 0 unspecified atom stereocenters. The summed E-state index contributed by atoms with van der Waals surface area (Å²) in [5.41, 5.74) is 1.73. The smallest absolute Gasteiger partial charge is 0.259 e. The number of rotatable bonds is 3. The van der Waals surface area contributed by atoms with Crippen molar-refractivity contribution in [3.05, 3.63) is 73.1 Å². The fourth-order valence-electron chi connectivity index (χ4n) is 2.06. The Balaban J connectivity index is 2.37. The number of aromatic amines is 1. The van der Waals surface area contributed by atoms with Gasteiger partial charge in [0.25, 0.3) is 5.56 Å². The number of pyridine rings is 1. The van der Waals surface area contributed by atoms with Gasteiger partial charge in [0, 0.05) is 5.69 Å². The molecule has 1 aromatic carbocycles. The van der Waals surface area contributed by atoms with Crippen LogP contribution in [0.2, 0.25) is 10.0 Å². The highest BCUT2D eigenvalue weighted by Gasteiger charge is 2.12. The van der Waals surface area contributed by atoms with E-state index < -0.39 is 0 Å². The molecule has 0 radical (unpaired) electrons. The van der Waals surface area contributed by atoms with Gasteiger partial charge in [0.2, 0.25) is 0 Å². The van der Waals surface area contributed by atoms with Crippen molar-refractivity contribution in [2.75, 3.05) is 0 Å². The summed E-state index contributed by atoms with van der Waals surface area (Å²) >= 11 is 12.0. The molecule has 21 heavy (non-hydrogen) atoms. The summed E-state index contributed by atoms with van der Waals surface area (Å²) in [4.78, 5) is 26.7. The van der Waals surface area contributed by atoms with Crippen LogP contribution in [0.15, 0.2) is 35.1 Å². The molecule has 2 aromatic rings. The van der Waals surface area contributed by atoms with Gasteiger partial charge in [-0.15, -0.1) is 0 Å². The third-order valence-corrected chi connectivity index (χ3v) is 3.84. The van der Waals surface area contributed by atoms with Gasteiger partial charge >= 0.3 is 0 Å². The van der Waals surface area contributed by atoms with Gasteiger partial charge in [-0.25, -0.2) is 0 Å². The topological polar surface area (TPSA) is 49.9 Å². The lowest BCUT2D eigenvalue weighted by molar-refractivity contribution is 0.104. The first-order valence-corrected chi connectivity index (χ1v) is 7.02. The van der Waals surface area contributed by atoms with Gasteiger partial charge in [-0.2, -0.15) is 0 Å². The number of aryl methyl sites for hydroxylation is 2. The first-order chi connectivity index (χ1) is 9.90. The number of benzene rings is 1. The summed E-state index contributed by atoms with van der Waals surface area (Å²) in [5, 5.41) is 0.786. The van der Waals surface area contributed by atoms with E-state index in [-0.39, 0.29) is 16.9 Å². The standard InChI is InChI=1S/C16H13Cl2NO2/c1-9-8-10(2)19-16(21)14(9)13(20)7-6-11-4-3-5-12(17)15(11)18/h3-8H,1-2H3,(H,19,21). The fraction of sp³-hybridized carbons (Fsp3) is 0.125. The van der Waals surface area contributed by atoms with Gasteiger partial charge in [-0.05, 0) is 49.3 Å². The van der Waals surface area contributed by atoms with Crippen LogP contribution in [0, 0.1) is 13.8 Å². The maximum absolute atomic E-state index is 12.2. The highest BCUT2D eigenvalue weighted by molar-refractivity contribution is 6.42. The molecule has 0 fully saturated rings. The minimum atomic E-state index is -0.389. The van der Waals surface area contributed by atoms with Crippen LogP contribution in [0.25, 0.3) is 6.08 Å². The van der Waals surface area contributed by atoms with Crippen LogP contribution in [-0.2, 0) is 0 Å². The number of halogens is 2. The number of allylic oxidation sites excluding steroid dienone is 1. The molecule has 1 heterocycles. The van der Waals surface area contributed by atoms with Crippen LogP contribution in [0.5, 0.6) is 0 Å². The van der Waals surface area contributed by atoms with Crippen LogP contribution in [0.1, 0.15) is 27.2 Å². The van der Waals surface area contributed by atoms with Crippen molar-refractivity contribution in [3.63, 3.8) is 0 Å². The average Bonchev–Trinajstić information content (AvgIpc) is 2.39. The van der Waals surface area contributed by atoms with E-state index >= 15 is 0 Å². The number of aromatic nitrogens is 1. The van der Waals surface area contributed by atoms with E-state index in [2.05, 4.69) is 4.98 Å². The predicted octanol–water partition coefficient (Wildman–Crippen LogP) is 4.19. The van der Waals surface area contributed by atoms with Crippen LogP contribution < -0.4 is 5.56 Å². The summed E-state index contributed by atoms with van der Waals surface area (Å²) in [6, 6.07) is 6.90. The number of H-pyrrole nitrogens is 1. The summed E-state index contributed by atoms with van der Waals surface area (Å²) in [7, 11) is 0. The van der Waals surface area contributed by atoms with E-state index in [1.807, 2.05) is 0 Å². The van der Waals surface area contributed by atoms with Gasteiger partial charge < -0.3 is 4.98 Å². The number of hydrogen-bond acceptors (Lipinski definition) is 2. The van der Waals surface area contributed by atoms with Crippen LogP contribution in [-0.4, -0.2) is 10.8 Å². The SMILES string of the molecule is Cc1cc(C)c(C(=O)C=Cc2cccc(Cl)c2Cl)c(=O)[nH]1. The fourth-order valence-corrected chi connectivity index (χ4v) is 2.43. The molecule has 0 spiro atoms. The lowest BCUT2D eigenvalue weighted by atomic mass is 10.1. The number of ketones is 1. The van der Waals surface area contributed by atoms with E-state index in [1.54, 1.807) is 44.2 Å². The number of carbonyl (C=O) groups is 1. The molecular weight excluding hydrogens is 309 g/mol. The second-order valence-electron chi connectivity index (χ2n) is 4.68. The zero-order valence-corrected chi connectivity index (χ0v) is 13.0. The molecule has 0 bridgehead atoms. The lowest BCUT2D eigenvalue weighted by Crippen LogP contribution is -2.19. The molecule has 108 valence electrons. The van der Waals surface area contributed by atoms with Crippen molar-refractivity contribution in [3.8, 4) is 0 Å². The Kier molecular flexibility index (Phi) is 4.66. The largest absolute Gasteiger partial charge is 0.326 e. The molecule has 0 aliphatic heterocycles. The van der Waals surface area contributed by atoms with Crippen LogP contribution >= 0.6 is 23.2 Å². The molecule has 0 saturated carbocycles. The Morgan fingerprint density at radius 3 is 2.62 bits per heavy atom. The van der Waals surface area contributed by atoms with Crippen molar-refractivity contribution in [2.24, 2.45) is 0 Å². The van der Waals surface area contributed by atoms with E-state index in [0.717, 1.165) is 5.69 Å². The molecule has 0 amide bonds. The minimum absolute atomic E-state index is 0.134. The van der Waals surface area contributed by atoms with Crippen molar-refractivity contribution < 1.29 is 4.79 Å². The first kappa shape index (κ1) is 15.5. The molecule has 0 saturated heterocycles. The van der Waals surface area contributed by atoms with Crippen LogP contribution in [0.3, 0.4) is 0 Å². The Morgan fingerprint density at radius 1 is 1.24 bits per heavy atom. The van der Waals surface area contributed by atoms with Crippen LogP contribution in [0.4, 0.5) is 0 Å². The molecule has 0 aliphatic carbocycles. The van der Waals surface area contributed by atoms with E-state index in [1.165, 1.54) is 6.08 Å². The summed E-state index contributed by atoms with van der Waals surface area (Å²) in [5.74, 6) is -0.371. The molecule has 5 heteroatoms. The minimum Gasteiger partial charge on any atom is -0.326 e. The van der Waals surface area contributed by atoms with E-state index in [4.69, 9.17) is 23.2 Å². The molecule has 3 nitrogen and oxygen atoms in total. The van der Waals surface area contributed by atoms with Gasteiger partial charge in [0.1, 0.15) is 0 Å². The number of nitrogens with one attached hydrogen (secondary N) is 1. The normalized spacial score (nSPS) is 11.0. The Bertz CT molecular complexity index is 791. The van der Waals surface area contributed by atoms with Crippen molar-refractivity contribution in [1.82, 2.24) is 4.98 Å². The second-order valence-corrected chi connectivity index (χ2v) is 5.47. The quantitative estimate of drug-likeness (QED) is 0.680. The average molecular weight is 322 g/mol. The summed E-state index contributed by atoms with van der Waals surface area (Å²) in [6.07, 6.45) is 2.87. The van der Waals surface area contributed by atoms with Crippen molar-refractivity contribution >= 4 is 35.1 Å². The molecule has 1 aromatic heterocycles. The van der Waals surface area contributed by atoms with Gasteiger partial charge in [-0.1, -0.05) is 35.3 Å². The first-order valence-electron chi connectivity index (χ1n) is 6.27. The zero-order valence-electron chi connectivity index (χ0n) is 11.5. The second kappa shape index (κ2) is 6.29. The molecule has 0 aliphatic rings. The van der Waals surface area contributed by atoms with Gasteiger partial charge in [0.05, 0.1) is 15.6 Å². The Hall–Kier alpha value is -1.84. The molecular formula is C16H13Cl2NO2. The van der Waals surface area contributed by atoms with Gasteiger partial charge in [-0.3, -0.25) is 9.59 Å². The molecule has 0 atom stereocenters. The zero-order chi connectivity index (χ0) is 15.6. The molecule has 2 rings (SSSR count). The highest BCUT2D eigenvalue weighted by Crippen LogP contribution is 2.26.